The number of esters is 1. The van der Waals surface area contributed by atoms with Gasteiger partial charge in [-0.25, -0.2) is 4.79 Å². The number of ether oxygens (including phenoxy) is 1. The molecular formula is C26H19NO7. The topological polar surface area (TPSA) is 121 Å². The van der Waals surface area contributed by atoms with Crippen LogP contribution in [0.4, 0.5) is 5.69 Å². The molecule has 1 aliphatic rings. The van der Waals surface area contributed by atoms with E-state index in [2.05, 4.69) is 0 Å². The average molecular weight is 457 g/mol. The normalized spacial score (nSPS) is 13.0. The van der Waals surface area contributed by atoms with Crippen LogP contribution in [-0.4, -0.2) is 34.3 Å². The van der Waals surface area contributed by atoms with E-state index in [0.29, 0.717) is 5.56 Å². The molecule has 3 aromatic rings. The van der Waals surface area contributed by atoms with Crippen molar-refractivity contribution in [1.82, 2.24) is 0 Å². The number of carbonyl (C=O) groups excluding carboxylic acids is 4. The summed E-state index contributed by atoms with van der Waals surface area (Å²) >= 11 is 0. The predicted molar refractivity (Wildman–Crippen MR) is 121 cm³/mol. The van der Waals surface area contributed by atoms with Gasteiger partial charge >= 0.3 is 5.97 Å². The minimum atomic E-state index is -1.23. The Bertz CT molecular complexity index is 1370. The largest absolute Gasteiger partial charge is 0.450 e. The van der Waals surface area contributed by atoms with Crippen LogP contribution in [0.25, 0.3) is 0 Å². The van der Waals surface area contributed by atoms with E-state index in [1.54, 1.807) is 36.4 Å². The molecule has 0 heterocycles. The third kappa shape index (κ3) is 3.79. The van der Waals surface area contributed by atoms with Gasteiger partial charge in [0.25, 0.3) is 5.69 Å². The second-order valence-corrected chi connectivity index (χ2v) is 7.81. The second kappa shape index (κ2) is 8.82. The molecule has 0 fully saturated rings. The van der Waals surface area contributed by atoms with E-state index >= 15 is 0 Å². The molecule has 0 aromatic heterocycles. The number of benzene rings is 3. The van der Waals surface area contributed by atoms with Crippen LogP contribution in [0.15, 0.2) is 60.7 Å². The number of hydrogen-bond acceptors (Lipinski definition) is 7. The number of carbonyl (C=O) groups is 4. The third-order valence-electron chi connectivity index (χ3n) is 5.77. The maximum absolute atomic E-state index is 13.1. The van der Waals surface area contributed by atoms with Crippen molar-refractivity contribution in [2.45, 2.75) is 26.4 Å². The smallest absolute Gasteiger partial charge is 0.345 e. The molecule has 4 rings (SSSR count). The number of ketones is 3. The first kappa shape index (κ1) is 22.7. The highest BCUT2D eigenvalue weighted by Crippen LogP contribution is 2.36. The molecule has 3 aromatic carbocycles. The molecule has 8 nitrogen and oxygen atoms in total. The van der Waals surface area contributed by atoms with Gasteiger partial charge in [-0.2, -0.15) is 0 Å². The zero-order chi connectivity index (χ0) is 24.6. The molecule has 0 bridgehead atoms. The van der Waals surface area contributed by atoms with E-state index in [4.69, 9.17) is 4.74 Å². The van der Waals surface area contributed by atoms with Gasteiger partial charge in [0.15, 0.2) is 11.9 Å². The van der Waals surface area contributed by atoms with Gasteiger partial charge in [-0.05, 0) is 31.0 Å². The number of fused-ring (bicyclic) bond motifs is 2. The number of nitro groups is 1. The van der Waals surface area contributed by atoms with Crippen LogP contribution in [0.3, 0.4) is 0 Å². The van der Waals surface area contributed by atoms with Gasteiger partial charge in [-0.3, -0.25) is 24.5 Å². The molecule has 0 radical (unpaired) electrons. The highest BCUT2D eigenvalue weighted by molar-refractivity contribution is 6.30. The number of nitro benzene ring substituents is 1. The minimum Gasteiger partial charge on any atom is -0.450 e. The number of hydrogen-bond donors (Lipinski definition) is 0. The summed E-state index contributed by atoms with van der Waals surface area (Å²) in [6.07, 6.45) is -0.430. The van der Waals surface area contributed by atoms with Gasteiger partial charge in [-0.15, -0.1) is 0 Å². The first-order chi connectivity index (χ1) is 16.2. The molecule has 0 saturated carbocycles. The van der Waals surface area contributed by atoms with Crippen molar-refractivity contribution in [3.63, 3.8) is 0 Å². The highest BCUT2D eigenvalue weighted by Gasteiger charge is 2.39. The van der Waals surface area contributed by atoms with Crippen LogP contribution < -0.4 is 0 Å². The van der Waals surface area contributed by atoms with Gasteiger partial charge < -0.3 is 4.74 Å². The average Bonchev–Trinajstić information content (AvgIpc) is 2.85. The zero-order valence-corrected chi connectivity index (χ0v) is 18.4. The zero-order valence-electron chi connectivity index (χ0n) is 18.4. The lowest BCUT2D eigenvalue weighted by molar-refractivity contribution is -0.385. The molecule has 1 atom stereocenters. The fourth-order valence-electron chi connectivity index (χ4n) is 3.94. The molecule has 0 spiro atoms. The van der Waals surface area contributed by atoms with E-state index in [1.807, 2.05) is 6.92 Å². The lowest BCUT2D eigenvalue weighted by Gasteiger charge is -2.18. The second-order valence-electron chi connectivity index (χ2n) is 7.81. The first-order valence-corrected chi connectivity index (χ1v) is 10.6. The van der Waals surface area contributed by atoms with Crippen molar-refractivity contribution < 1.29 is 28.8 Å². The summed E-state index contributed by atoms with van der Waals surface area (Å²) in [4.78, 5) is 62.5. The number of aryl methyl sites for hydroxylation is 1. The van der Waals surface area contributed by atoms with Gasteiger partial charge in [-0.1, -0.05) is 55.5 Å². The van der Waals surface area contributed by atoms with Crippen LogP contribution in [0.5, 0.6) is 0 Å². The Morgan fingerprint density at radius 2 is 1.53 bits per heavy atom. The summed E-state index contributed by atoms with van der Waals surface area (Å²) in [5.74, 6) is -2.89. The van der Waals surface area contributed by atoms with Gasteiger partial charge in [0.2, 0.25) is 11.6 Å². The SMILES string of the molecule is CCc1ccc(C(=O)C(C)OC(=O)c2ccc3c(c2[N+](=O)[O-])C(=O)c2ccccc2C3=O)cc1. The van der Waals surface area contributed by atoms with Crippen molar-refractivity contribution in [3.8, 4) is 0 Å². The van der Waals surface area contributed by atoms with E-state index in [0.717, 1.165) is 18.1 Å². The third-order valence-corrected chi connectivity index (χ3v) is 5.77. The molecule has 170 valence electrons. The van der Waals surface area contributed by atoms with E-state index < -0.39 is 51.2 Å². The molecule has 8 heteroatoms. The molecule has 0 aliphatic heterocycles. The number of rotatable bonds is 6. The Hall–Kier alpha value is -4.46. The highest BCUT2D eigenvalue weighted by atomic mass is 16.6. The molecular weight excluding hydrogens is 438 g/mol. The summed E-state index contributed by atoms with van der Waals surface area (Å²) in [6, 6.07) is 15.1. The molecule has 0 amide bonds. The van der Waals surface area contributed by atoms with Gasteiger partial charge in [0.1, 0.15) is 11.1 Å². The summed E-state index contributed by atoms with van der Waals surface area (Å²) in [5.41, 5.74) is -0.427. The number of Topliss-reactive ketones (excluding diaryl/α,β-unsaturated/α-hetero) is 1. The minimum absolute atomic E-state index is 0.0210. The van der Waals surface area contributed by atoms with Crippen molar-refractivity contribution in [3.05, 3.63) is 110 Å². The summed E-state index contributed by atoms with van der Waals surface area (Å²) in [6.45, 7) is 3.34. The number of nitrogens with zero attached hydrogens (tertiary/aromatic N) is 1. The fourth-order valence-corrected chi connectivity index (χ4v) is 3.94. The summed E-state index contributed by atoms with van der Waals surface area (Å²) in [5, 5.41) is 11.9. The maximum atomic E-state index is 13.1. The van der Waals surface area contributed by atoms with Crippen LogP contribution in [0.1, 0.15) is 72.0 Å². The predicted octanol–water partition coefficient (Wildman–Crippen LogP) is 4.36. The molecule has 34 heavy (non-hydrogen) atoms. The molecule has 1 unspecified atom stereocenters. The Morgan fingerprint density at radius 3 is 2.12 bits per heavy atom. The van der Waals surface area contributed by atoms with E-state index in [-0.39, 0.29) is 16.7 Å². The van der Waals surface area contributed by atoms with Crippen LogP contribution >= 0.6 is 0 Å². The van der Waals surface area contributed by atoms with Gasteiger partial charge in [0, 0.05) is 22.3 Å². The van der Waals surface area contributed by atoms with Crippen LogP contribution in [0.2, 0.25) is 0 Å². The summed E-state index contributed by atoms with van der Waals surface area (Å²) < 4.78 is 5.23. The fraction of sp³-hybridized carbons (Fsp3) is 0.154. The van der Waals surface area contributed by atoms with Crippen molar-refractivity contribution in [1.29, 1.82) is 0 Å². The molecule has 1 aliphatic carbocycles. The first-order valence-electron chi connectivity index (χ1n) is 10.6. The lowest BCUT2D eigenvalue weighted by Crippen LogP contribution is -2.27. The Balaban J connectivity index is 1.69. The quantitative estimate of drug-likeness (QED) is 0.182. The molecule has 0 N–H and O–H groups in total. The Kier molecular flexibility index (Phi) is 5.89. The Morgan fingerprint density at radius 1 is 0.912 bits per heavy atom. The Labute approximate surface area is 194 Å². The van der Waals surface area contributed by atoms with Gasteiger partial charge in [0.05, 0.1) is 4.92 Å². The van der Waals surface area contributed by atoms with E-state index in [1.165, 1.54) is 25.1 Å². The van der Waals surface area contributed by atoms with Crippen LogP contribution in [0, 0.1) is 10.1 Å². The standard InChI is InChI=1S/C26H19NO7/c1-3-15-8-10-16(11-9-15)23(28)14(2)34-26(31)20-13-12-19-21(22(20)27(32)33)25(30)18-7-5-4-6-17(18)24(19)29/h4-14H,3H2,1-2H3. The van der Waals surface area contributed by atoms with Crippen molar-refractivity contribution in [2.24, 2.45) is 0 Å². The lowest BCUT2D eigenvalue weighted by atomic mass is 9.82. The van der Waals surface area contributed by atoms with Crippen LogP contribution in [-0.2, 0) is 11.2 Å². The maximum Gasteiger partial charge on any atom is 0.345 e. The monoisotopic (exact) mass is 457 g/mol. The molecule has 0 saturated heterocycles. The van der Waals surface area contributed by atoms with E-state index in [9.17, 15) is 29.3 Å². The van der Waals surface area contributed by atoms with Crippen molar-refractivity contribution >= 4 is 29.0 Å². The summed E-state index contributed by atoms with van der Waals surface area (Å²) in [7, 11) is 0. The van der Waals surface area contributed by atoms with Crippen molar-refractivity contribution in [2.75, 3.05) is 0 Å².